The zero-order valence-corrected chi connectivity index (χ0v) is 20.4. The van der Waals surface area contributed by atoms with Gasteiger partial charge in [0.2, 0.25) is 0 Å². The maximum atomic E-state index is 11.5. The molecule has 1 aromatic heterocycles. The molecule has 170 valence electrons. The average molecular weight is 473 g/mol. The third-order valence-corrected chi connectivity index (χ3v) is 6.67. The molecule has 3 aromatic rings. The number of hydrogen-bond donors (Lipinski definition) is 1. The number of para-hydroxylation sites is 1. The van der Waals surface area contributed by atoms with Crippen molar-refractivity contribution in [3.8, 4) is 16.2 Å². The lowest BCUT2D eigenvalue weighted by Gasteiger charge is -2.25. The molecule has 1 N–H and O–H groups in total. The number of carbonyl (C=O) groups is 1. The zero-order valence-electron chi connectivity index (χ0n) is 18.9. The zero-order chi connectivity index (χ0) is 23.3. The van der Waals surface area contributed by atoms with Crippen LogP contribution in [0.2, 0.25) is 5.02 Å². The number of benzene rings is 2. The molecule has 2 unspecified atom stereocenters. The van der Waals surface area contributed by atoms with E-state index in [1.165, 1.54) is 12.8 Å². The van der Waals surface area contributed by atoms with Gasteiger partial charge in [0.05, 0.1) is 19.6 Å². The third-order valence-electron chi connectivity index (χ3n) is 5.47. The fourth-order valence-corrected chi connectivity index (χ4v) is 4.96. The number of methoxy groups -OCH3 is 1. The van der Waals surface area contributed by atoms with Crippen LogP contribution in [0.25, 0.3) is 10.4 Å². The lowest BCUT2D eigenvalue weighted by atomic mass is 9.94. The van der Waals surface area contributed by atoms with Gasteiger partial charge in [0.25, 0.3) is 0 Å². The minimum absolute atomic E-state index is 0.115. The van der Waals surface area contributed by atoms with E-state index in [-0.39, 0.29) is 6.42 Å². The normalized spacial score (nSPS) is 16.8. The Balaban J connectivity index is 0.000000668. The second-order valence-corrected chi connectivity index (χ2v) is 9.09. The Morgan fingerprint density at radius 1 is 1.12 bits per heavy atom. The topological polar surface area (TPSA) is 55.8 Å². The van der Waals surface area contributed by atoms with E-state index in [4.69, 9.17) is 21.1 Å². The van der Waals surface area contributed by atoms with Crippen LogP contribution in [-0.4, -0.2) is 18.2 Å². The summed E-state index contributed by atoms with van der Waals surface area (Å²) in [6.07, 6.45) is 1.46. The van der Waals surface area contributed by atoms with Gasteiger partial charge < -0.3 is 14.6 Å². The van der Waals surface area contributed by atoms with Crippen molar-refractivity contribution in [1.29, 1.82) is 0 Å². The van der Waals surface area contributed by atoms with Gasteiger partial charge >= 0.3 is 5.97 Å². The number of unbranched alkanes of at least 4 members (excludes halogenated alkanes) is 1. The summed E-state index contributed by atoms with van der Waals surface area (Å²) in [5.41, 5.74) is 4.66. The van der Waals surface area contributed by atoms with Crippen LogP contribution >= 0.6 is 22.9 Å². The Hall–Kier alpha value is -2.34. The van der Waals surface area contributed by atoms with Gasteiger partial charge in [-0.15, -0.1) is 11.3 Å². The number of fused-ring (bicyclic) bond motifs is 3. The second kappa shape index (κ2) is 11.0. The molecular weight excluding hydrogens is 444 g/mol. The van der Waals surface area contributed by atoms with Crippen LogP contribution in [0.3, 0.4) is 0 Å². The Kier molecular flexibility index (Phi) is 8.35. The maximum Gasteiger partial charge on any atom is 0.306 e. The lowest BCUT2D eigenvalue weighted by Crippen LogP contribution is -2.14. The number of aryl methyl sites for hydroxylation is 1. The van der Waals surface area contributed by atoms with E-state index in [9.17, 15) is 9.90 Å². The molecule has 0 spiro atoms. The Bertz CT molecular complexity index is 1070. The third kappa shape index (κ3) is 5.17. The summed E-state index contributed by atoms with van der Waals surface area (Å²) in [5.74, 6) is -0.168. The number of carboxylic acid groups (broad SMARTS) is 1. The molecule has 2 heterocycles. The van der Waals surface area contributed by atoms with Crippen molar-refractivity contribution < 1.29 is 19.4 Å². The van der Waals surface area contributed by atoms with Gasteiger partial charge in [0.1, 0.15) is 11.9 Å². The second-order valence-electron chi connectivity index (χ2n) is 7.74. The van der Waals surface area contributed by atoms with Gasteiger partial charge in [-0.3, -0.25) is 4.79 Å². The standard InChI is InChI=1S/C22H19ClO4S.C4H10/c1-12-4-3-5-16(20(12)26-2)21-17-10-13(23)6-7-14(17)22-15(8-9-28-22)18(27-21)11-19(24)25;1-3-4-2/h3-10,18,21H,11H2,1-2H3,(H,24,25);3-4H2,1-2H3. The monoisotopic (exact) mass is 472 g/mol. The van der Waals surface area contributed by atoms with Crippen LogP contribution in [0.4, 0.5) is 0 Å². The summed E-state index contributed by atoms with van der Waals surface area (Å²) in [4.78, 5) is 12.6. The fraction of sp³-hybridized carbons (Fsp3) is 0.346. The minimum Gasteiger partial charge on any atom is -0.496 e. The van der Waals surface area contributed by atoms with Crippen LogP contribution < -0.4 is 4.74 Å². The Labute approximate surface area is 198 Å². The number of rotatable bonds is 5. The summed E-state index contributed by atoms with van der Waals surface area (Å²) in [7, 11) is 1.63. The minimum atomic E-state index is -0.902. The first-order valence-electron chi connectivity index (χ1n) is 10.8. The van der Waals surface area contributed by atoms with E-state index in [1.54, 1.807) is 18.4 Å². The molecule has 4 nitrogen and oxygen atoms in total. The number of hydrogen-bond acceptors (Lipinski definition) is 4. The van der Waals surface area contributed by atoms with E-state index in [0.717, 1.165) is 38.4 Å². The van der Waals surface area contributed by atoms with Gasteiger partial charge in [-0.2, -0.15) is 0 Å². The number of carboxylic acids is 1. The van der Waals surface area contributed by atoms with E-state index in [0.29, 0.717) is 5.02 Å². The summed E-state index contributed by atoms with van der Waals surface area (Å²) in [6, 6.07) is 13.6. The first-order chi connectivity index (χ1) is 15.4. The van der Waals surface area contributed by atoms with E-state index < -0.39 is 18.2 Å². The van der Waals surface area contributed by atoms with Gasteiger partial charge in [0, 0.05) is 21.0 Å². The van der Waals surface area contributed by atoms with E-state index >= 15 is 0 Å². The summed E-state index contributed by atoms with van der Waals surface area (Å²) >= 11 is 7.91. The fourth-order valence-electron chi connectivity index (χ4n) is 3.78. The summed E-state index contributed by atoms with van der Waals surface area (Å²) in [5, 5.41) is 12.0. The molecule has 0 amide bonds. The molecule has 4 rings (SSSR count). The largest absolute Gasteiger partial charge is 0.496 e. The van der Waals surface area contributed by atoms with Crippen molar-refractivity contribution in [3.05, 3.63) is 75.1 Å². The molecule has 1 aliphatic heterocycles. The molecule has 0 fully saturated rings. The van der Waals surface area contributed by atoms with Crippen LogP contribution in [-0.2, 0) is 9.53 Å². The maximum absolute atomic E-state index is 11.5. The molecule has 0 bridgehead atoms. The van der Waals surface area contributed by atoms with Crippen LogP contribution in [0.1, 0.15) is 67.6 Å². The predicted octanol–water partition coefficient (Wildman–Crippen LogP) is 7.83. The summed E-state index contributed by atoms with van der Waals surface area (Å²) in [6.45, 7) is 6.34. The molecule has 2 atom stereocenters. The Morgan fingerprint density at radius 3 is 2.53 bits per heavy atom. The van der Waals surface area contributed by atoms with Gasteiger partial charge in [0.15, 0.2) is 0 Å². The van der Waals surface area contributed by atoms with Crippen molar-refractivity contribution in [2.45, 2.75) is 52.2 Å². The smallest absolute Gasteiger partial charge is 0.306 e. The number of thiophene rings is 1. The molecule has 0 radical (unpaired) electrons. The van der Waals surface area contributed by atoms with Gasteiger partial charge in [-0.25, -0.2) is 0 Å². The van der Waals surface area contributed by atoms with Gasteiger partial charge in [-0.1, -0.05) is 62.6 Å². The van der Waals surface area contributed by atoms with Crippen molar-refractivity contribution in [2.75, 3.05) is 7.11 Å². The molecule has 0 aliphatic carbocycles. The first-order valence-corrected chi connectivity index (χ1v) is 12.0. The lowest BCUT2D eigenvalue weighted by molar-refractivity contribution is -0.141. The van der Waals surface area contributed by atoms with Crippen molar-refractivity contribution in [3.63, 3.8) is 0 Å². The molecule has 32 heavy (non-hydrogen) atoms. The quantitative estimate of drug-likeness (QED) is 0.411. The van der Waals surface area contributed by atoms with Crippen molar-refractivity contribution >= 4 is 28.9 Å². The van der Waals surface area contributed by atoms with Crippen molar-refractivity contribution in [1.82, 2.24) is 0 Å². The highest BCUT2D eigenvalue weighted by molar-refractivity contribution is 7.13. The number of ether oxygens (including phenoxy) is 2. The molecule has 0 saturated heterocycles. The van der Waals surface area contributed by atoms with E-state index in [1.807, 2.05) is 54.8 Å². The first kappa shape index (κ1) is 24.3. The van der Waals surface area contributed by atoms with Gasteiger partial charge in [-0.05, 0) is 47.2 Å². The van der Waals surface area contributed by atoms with Crippen LogP contribution in [0, 0.1) is 6.92 Å². The SMILES string of the molecule is CCCC.COc1c(C)cccc1C1OC(CC(=O)O)c2ccsc2-c2ccc(Cl)cc21. The number of aliphatic carboxylic acids is 1. The molecule has 2 aromatic carbocycles. The van der Waals surface area contributed by atoms with E-state index in [2.05, 4.69) is 13.8 Å². The molecule has 0 saturated carbocycles. The number of halogens is 1. The average Bonchev–Trinajstić information content (AvgIpc) is 3.22. The van der Waals surface area contributed by atoms with Crippen molar-refractivity contribution in [2.24, 2.45) is 0 Å². The Morgan fingerprint density at radius 2 is 1.88 bits per heavy atom. The summed E-state index contributed by atoms with van der Waals surface area (Å²) < 4.78 is 12.1. The molecular formula is C26H29ClO4S. The predicted molar refractivity (Wildman–Crippen MR) is 131 cm³/mol. The molecule has 6 heteroatoms. The van der Waals surface area contributed by atoms with Crippen LogP contribution in [0.5, 0.6) is 5.75 Å². The van der Waals surface area contributed by atoms with Crippen LogP contribution in [0.15, 0.2) is 47.8 Å². The highest BCUT2D eigenvalue weighted by Gasteiger charge is 2.34. The highest BCUT2D eigenvalue weighted by Crippen LogP contribution is 2.49. The highest BCUT2D eigenvalue weighted by atomic mass is 35.5. The molecule has 1 aliphatic rings.